The second kappa shape index (κ2) is 9.39. The van der Waals surface area contributed by atoms with Crippen LogP contribution >= 0.6 is 0 Å². The molecule has 2 aromatic carbocycles. The van der Waals surface area contributed by atoms with Crippen LogP contribution in [-0.2, 0) is 11.3 Å². The molecule has 32 heavy (non-hydrogen) atoms. The molecular weight excluding hydrogens is 400 g/mol. The van der Waals surface area contributed by atoms with Crippen LogP contribution in [0.1, 0.15) is 24.1 Å². The zero-order valence-electron chi connectivity index (χ0n) is 18.1. The van der Waals surface area contributed by atoms with E-state index in [1.54, 1.807) is 36.2 Å². The molecule has 0 N–H and O–H groups in total. The number of aromatic nitrogens is 3. The van der Waals surface area contributed by atoms with Gasteiger partial charge in [-0.3, -0.25) is 14.5 Å². The number of aryl methyl sites for hydroxylation is 1. The number of carbonyl (C=O) groups excluding carboxylic acids is 1. The van der Waals surface area contributed by atoms with Crippen LogP contribution in [-0.4, -0.2) is 20.7 Å². The molecule has 4 aromatic rings. The normalized spacial score (nSPS) is 11.7. The summed E-state index contributed by atoms with van der Waals surface area (Å²) in [6.07, 6.45) is 1.65. The van der Waals surface area contributed by atoms with Crippen LogP contribution < -0.4 is 10.5 Å². The SMILES string of the molecule is Cc1ccc(-c2ccc(=O)n(C(C)C(=O)N(Cc3ccccc3)c3ccccn3)n2)cc1. The monoisotopic (exact) mass is 424 g/mol. The second-order valence-electron chi connectivity index (χ2n) is 7.64. The van der Waals surface area contributed by atoms with Crippen molar-refractivity contribution in [3.8, 4) is 11.3 Å². The van der Waals surface area contributed by atoms with E-state index in [4.69, 9.17) is 0 Å². The molecule has 0 aliphatic rings. The topological polar surface area (TPSA) is 68.1 Å². The molecule has 0 saturated heterocycles. The third-order valence-electron chi connectivity index (χ3n) is 5.27. The third-order valence-corrected chi connectivity index (χ3v) is 5.27. The first-order valence-electron chi connectivity index (χ1n) is 10.5. The van der Waals surface area contributed by atoms with Gasteiger partial charge in [-0.05, 0) is 37.6 Å². The summed E-state index contributed by atoms with van der Waals surface area (Å²) in [4.78, 5) is 32.2. The lowest BCUT2D eigenvalue weighted by molar-refractivity contribution is -0.121. The molecule has 1 amide bonds. The van der Waals surface area contributed by atoms with Gasteiger partial charge in [-0.15, -0.1) is 0 Å². The van der Waals surface area contributed by atoms with Crippen molar-refractivity contribution in [1.82, 2.24) is 14.8 Å². The highest BCUT2D eigenvalue weighted by Gasteiger charge is 2.26. The molecule has 2 heterocycles. The molecule has 0 aliphatic heterocycles. The Morgan fingerprint density at radius 2 is 1.66 bits per heavy atom. The van der Waals surface area contributed by atoms with Crippen molar-refractivity contribution in [2.75, 3.05) is 4.90 Å². The van der Waals surface area contributed by atoms with Crippen molar-refractivity contribution >= 4 is 11.7 Å². The standard InChI is InChI=1S/C26H24N4O2/c1-19-11-13-22(14-12-19)23-15-16-25(31)30(28-23)20(2)26(32)29(24-10-6-7-17-27-24)18-21-8-4-3-5-9-21/h3-17,20H,18H2,1-2H3. The molecule has 0 bridgehead atoms. The Balaban J connectivity index is 1.69. The van der Waals surface area contributed by atoms with Crippen LogP contribution in [0.2, 0.25) is 0 Å². The van der Waals surface area contributed by atoms with E-state index >= 15 is 0 Å². The molecule has 2 aromatic heterocycles. The van der Waals surface area contributed by atoms with Gasteiger partial charge in [-0.1, -0.05) is 66.2 Å². The van der Waals surface area contributed by atoms with Crippen molar-refractivity contribution in [3.63, 3.8) is 0 Å². The van der Waals surface area contributed by atoms with E-state index < -0.39 is 6.04 Å². The molecule has 0 radical (unpaired) electrons. The van der Waals surface area contributed by atoms with Gasteiger partial charge in [0.15, 0.2) is 0 Å². The van der Waals surface area contributed by atoms with E-state index in [0.717, 1.165) is 16.7 Å². The number of anilines is 1. The Bertz CT molecular complexity index is 1250. The molecule has 6 heteroatoms. The fourth-order valence-corrected chi connectivity index (χ4v) is 3.46. The van der Waals surface area contributed by atoms with Gasteiger partial charge in [0.05, 0.1) is 12.2 Å². The summed E-state index contributed by atoms with van der Waals surface area (Å²) in [5, 5.41) is 4.51. The number of hydrogen-bond donors (Lipinski definition) is 0. The van der Waals surface area contributed by atoms with Gasteiger partial charge in [0.1, 0.15) is 11.9 Å². The summed E-state index contributed by atoms with van der Waals surface area (Å²) >= 11 is 0. The predicted octanol–water partition coefficient (Wildman–Crippen LogP) is 4.41. The summed E-state index contributed by atoms with van der Waals surface area (Å²) in [6, 6.07) is 25.3. The number of benzene rings is 2. The molecule has 0 saturated carbocycles. The lowest BCUT2D eigenvalue weighted by Gasteiger charge is -2.25. The molecule has 0 spiro atoms. The zero-order valence-corrected chi connectivity index (χ0v) is 18.1. The summed E-state index contributed by atoms with van der Waals surface area (Å²) in [5.74, 6) is 0.263. The Morgan fingerprint density at radius 3 is 2.34 bits per heavy atom. The molecule has 0 fully saturated rings. The van der Waals surface area contributed by atoms with Crippen LogP contribution in [0.25, 0.3) is 11.3 Å². The van der Waals surface area contributed by atoms with Crippen molar-refractivity contribution in [2.24, 2.45) is 0 Å². The molecule has 160 valence electrons. The summed E-state index contributed by atoms with van der Waals surface area (Å²) < 4.78 is 1.25. The molecule has 1 unspecified atom stereocenters. The average Bonchev–Trinajstić information content (AvgIpc) is 2.84. The Kier molecular flexibility index (Phi) is 6.22. The van der Waals surface area contributed by atoms with Crippen molar-refractivity contribution in [1.29, 1.82) is 0 Å². The number of amides is 1. The van der Waals surface area contributed by atoms with Crippen molar-refractivity contribution in [2.45, 2.75) is 26.4 Å². The second-order valence-corrected chi connectivity index (χ2v) is 7.64. The maximum absolute atomic E-state index is 13.6. The van der Waals surface area contributed by atoms with Gasteiger partial charge in [0.25, 0.3) is 11.5 Å². The van der Waals surface area contributed by atoms with Gasteiger partial charge in [-0.25, -0.2) is 9.67 Å². The van der Waals surface area contributed by atoms with Crippen LogP contribution in [0.5, 0.6) is 0 Å². The summed E-state index contributed by atoms with van der Waals surface area (Å²) in [6.45, 7) is 4.04. The minimum absolute atomic E-state index is 0.261. The largest absolute Gasteiger partial charge is 0.290 e. The fraction of sp³-hybridized carbons (Fsp3) is 0.154. The maximum atomic E-state index is 13.6. The van der Waals surface area contributed by atoms with Crippen LogP contribution in [0.15, 0.2) is 95.9 Å². The van der Waals surface area contributed by atoms with Crippen LogP contribution in [0.3, 0.4) is 0 Å². The van der Waals surface area contributed by atoms with E-state index in [9.17, 15) is 9.59 Å². The number of hydrogen-bond acceptors (Lipinski definition) is 4. The van der Waals surface area contributed by atoms with Crippen molar-refractivity contribution in [3.05, 3.63) is 113 Å². The van der Waals surface area contributed by atoms with E-state index in [2.05, 4.69) is 10.1 Å². The maximum Gasteiger partial charge on any atom is 0.267 e. The average molecular weight is 425 g/mol. The highest BCUT2D eigenvalue weighted by Crippen LogP contribution is 2.20. The van der Waals surface area contributed by atoms with Gasteiger partial charge >= 0.3 is 0 Å². The van der Waals surface area contributed by atoms with E-state index in [-0.39, 0.29) is 11.5 Å². The summed E-state index contributed by atoms with van der Waals surface area (Å²) in [7, 11) is 0. The van der Waals surface area contributed by atoms with E-state index in [1.165, 1.54) is 10.7 Å². The number of carbonyl (C=O) groups is 1. The first kappa shape index (κ1) is 21.2. The van der Waals surface area contributed by atoms with Crippen LogP contribution in [0.4, 0.5) is 5.82 Å². The van der Waals surface area contributed by atoms with Crippen LogP contribution in [0, 0.1) is 6.92 Å². The molecule has 6 nitrogen and oxygen atoms in total. The number of nitrogens with zero attached hydrogens (tertiary/aromatic N) is 4. The van der Waals surface area contributed by atoms with Gasteiger partial charge in [0.2, 0.25) is 0 Å². The quantitative estimate of drug-likeness (QED) is 0.460. The Hall–Kier alpha value is -4.06. The third kappa shape index (κ3) is 4.64. The van der Waals surface area contributed by atoms with Crippen molar-refractivity contribution < 1.29 is 4.79 Å². The Labute approximate surface area is 186 Å². The van der Waals surface area contributed by atoms with E-state index in [0.29, 0.717) is 18.1 Å². The molecule has 4 rings (SSSR count). The van der Waals surface area contributed by atoms with Gasteiger partial charge in [-0.2, -0.15) is 5.10 Å². The molecule has 1 atom stereocenters. The predicted molar refractivity (Wildman–Crippen MR) is 125 cm³/mol. The van der Waals surface area contributed by atoms with Gasteiger partial charge < -0.3 is 0 Å². The smallest absolute Gasteiger partial charge is 0.267 e. The number of pyridine rings is 1. The van der Waals surface area contributed by atoms with E-state index in [1.807, 2.05) is 67.6 Å². The first-order chi connectivity index (χ1) is 15.5. The lowest BCUT2D eigenvalue weighted by atomic mass is 10.1. The minimum Gasteiger partial charge on any atom is -0.290 e. The lowest BCUT2D eigenvalue weighted by Crippen LogP contribution is -2.40. The fourth-order valence-electron chi connectivity index (χ4n) is 3.46. The Morgan fingerprint density at radius 1 is 0.938 bits per heavy atom. The zero-order chi connectivity index (χ0) is 22.5. The first-order valence-corrected chi connectivity index (χ1v) is 10.5. The highest BCUT2D eigenvalue weighted by atomic mass is 16.2. The van der Waals surface area contributed by atoms with Gasteiger partial charge in [0, 0.05) is 17.8 Å². The molecular formula is C26H24N4O2. The minimum atomic E-state index is -0.807. The number of rotatable bonds is 6. The molecule has 0 aliphatic carbocycles. The summed E-state index contributed by atoms with van der Waals surface area (Å²) in [5.41, 5.74) is 3.29. The highest BCUT2D eigenvalue weighted by molar-refractivity contribution is 5.94.